The first-order valence-electron chi connectivity index (χ1n) is 6.68. The first kappa shape index (κ1) is 15.7. The van der Waals surface area contributed by atoms with Gasteiger partial charge in [-0.15, -0.1) is 0 Å². The number of halogens is 2. The molecule has 5 nitrogen and oxygen atoms in total. The summed E-state index contributed by atoms with van der Waals surface area (Å²) < 4.78 is 13.0. The molecule has 1 fully saturated rings. The molecule has 1 heterocycles. The number of piperazine rings is 1. The first-order chi connectivity index (χ1) is 9.90. The van der Waals surface area contributed by atoms with E-state index in [1.54, 1.807) is 11.8 Å². The van der Waals surface area contributed by atoms with Gasteiger partial charge in [-0.1, -0.05) is 11.6 Å². The van der Waals surface area contributed by atoms with Gasteiger partial charge in [0.15, 0.2) is 0 Å². The summed E-state index contributed by atoms with van der Waals surface area (Å²) in [4.78, 5) is 27.1. The monoisotopic (exact) mass is 313 g/mol. The zero-order valence-electron chi connectivity index (χ0n) is 11.7. The van der Waals surface area contributed by atoms with Gasteiger partial charge in [0.25, 0.3) is 5.91 Å². The maximum atomic E-state index is 13.0. The average molecular weight is 314 g/mol. The van der Waals surface area contributed by atoms with Crippen LogP contribution < -0.4 is 5.73 Å². The quantitative estimate of drug-likeness (QED) is 0.909. The molecule has 1 aliphatic heterocycles. The number of amides is 2. The topological polar surface area (TPSA) is 66.6 Å². The normalized spacial score (nSPS) is 17.6. The van der Waals surface area contributed by atoms with Crippen molar-refractivity contribution < 1.29 is 14.0 Å². The predicted molar refractivity (Wildman–Crippen MR) is 77.5 cm³/mol. The highest BCUT2D eigenvalue weighted by Gasteiger charge is 2.27. The molecule has 2 amide bonds. The van der Waals surface area contributed by atoms with Crippen molar-refractivity contribution in [1.29, 1.82) is 0 Å². The number of primary amides is 1. The molecule has 0 saturated carbocycles. The zero-order valence-corrected chi connectivity index (χ0v) is 12.4. The molecule has 0 bridgehead atoms. The Balaban J connectivity index is 2.02. The molecule has 1 aromatic carbocycles. The van der Waals surface area contributed by atoms with Crippen LogP contribution in [-0.2, 0) is 4.79 Å². The summed E-state index contributed by atoms with van der Waals surface area (Å²) >= 11 is 5.91. The Labute approximate surface area is 127 Å². The van der Waals surface area contributed by atoms with Crippen LogP contribution in [0.2, 0.25) is 5.02 Å². The summed E-state index contributed by atoms with van der Waals surface area (Å²) in [7, 11) is 0. The van der Waals surface area contributed by atoms with Crippen LogP contribution in [0.1, 0.15) is 17.3 Å². The van der Waals surface area contributed by atoms with Crippen LogP contribution in [-0.4, -0.2) is 53.8 Å². The van der Waals surface area contributed by atoms with E-state index >= 15 is 0 Å². The van der Waals surface area contributed by atoms with Crippen LogP contribution >= 0.6 is 11.6 Å². The van der Waals surface area contributed by atoms with Crippen LogP contribution in [0.25, 0.3) is 0 Å². The van der Waals surface area contributed by atoms with E-state index in [2.05, 4.69) is 0 Å². The summed E-state index contributed by atoms with van der Waals surface area (Å²) in [6, 6.07) is 3.38. The van der Waals surface area contributed by atoms with E-state index < -0.39 is 5.82 Å². The molecule has 2 rings (SSSR count). The molecule has 1 aliphatic rings. The van der Waals surface area contributed by atoms with Crippen molar-refractivity contribution in [1.82, 2.24) is 9.80 Å². The summed E-state index contributed by atoms with van der Waals surface area (Å²) in [6.07, 6.45) is 0. The molecular formula is C14H17ClFN3O2. The van der Waals surface area contributed by atoms with E-state index in [1.165, 1.54) is 12.1 Å². The van der Waals surface area contributed by atoms with E-state index in [-0.39, 0.29) is 28.4 Å². The van der Waals surface area contributed by atoms with Gasteiger partial charge in [-0.2, -0.15) is 0 Å². The minimum atomic E-state index is -0.475. The summed E-state index contributed by atoms with van der Waals surface area (Å²) in [5.41, 5.74) is 5.56. The molecule has 2 N–H and O–H groups in total. The van der Waals surface area contributed by atoms with Gasteiger partial charge in [0, 0.05) is 26.2 Å². The number of nitrogens with two attached hydrogens (primary N) is 1. The van der Waals surface area contributed by atoms with E-state index in [4.69, 9.17) is 17.3 Å². The molecule has 114 valence electrons. The number of rotatable bonds is 3. The molecule has 1 saturated heterocycles. The van der Waals surface area contributed by atoms with Crippen LogP contribution in [0.5, 0.6) is 0 Å². The van der Waals surface area contributed by atoms with Crippen molar-refractivity contribution in [2.24, 2.45) is 5.73 Å². The van der Waals surface area contributed by atoms with Crippen LogP contribution in [0, 0.1) is 5.82 Å². The second kappa shape index (κ2) is 6.41. The van der Waals surface area contributed by atoms with Crippen molar-refractivity contribution >= 4 is 23.4 Å². The number of nitrogens with zero attached hydrogens (tertiary/aromatic N) is 2. The fraction of sp³-hybridized carbons (Fsp3) is 0.429. The minimum absolute atomic E-state index is 0.105. The van der Waals surface area contributed by atoms with E-state index in [1.807, 2.05) is 4.90 Å². The highest BCUT2D eigenvalue weighted by atomic mass is 35.5. The Morgan fingerprint density at radius 3 is 2.43 bits per heavy atom. The average Bonchev–Trinajstić information content (AvgIpc) is 2.46. The van der Waals surface area contributed by atoms with Crippen molar-refractivity contribution in [2.45, 2.75) is 13.0 Å². The largest absolute Gasteiger partial charge is 0.368 e. The van der Waals surface area contributed by atoms with Crippen molar-refractivity contribution in [2.75, 3.05) is 26.2 Å². The Hall–Kier alpha value is -1.66. The molecule has 7 heteroatoms. The molecule has 1 atom stereocenters. The summed E-state index contributed by atoms with van der Waals surface area (Å²) in [6.45, 7) is 3.83. The Morgan fingerprint density at radius 1 is 1.29 bits per heavy atom. The molecule has 0 aromatic heterocycles. The summed E-state index contributed by atoms with van der Waals surface area (Å²) in [5, 5.41) is 0.105. The van der Waals surface area contributed by atoms with Crippen LogP contribution in [0.4, 0.5) is 4.39 Å². The lowest BCUT2D eigenvalue weighted by Gasteiger charge is -2.37. The predicted octanol–water partition coefficient (Wildman–Crippen LogP) is 1.11. The first-order valence-corrected chi connectivity index (χ1v) is 7.05. The maximum Gasteiger partial charge on any atom is 0.255 e. The maximum absolute atomic E-state index is 13.0. The lowest BCUT2D eigenvalue weighted by Crippen LogP contribution is -2.54. The standard InChI is InChI=1S/C14H17ClFN3O2/c1-9(13(17)20)18-4-6-19(7-5-18)14(21)11-3-2-10(16)8-12(11)15/h2-3,8-9H,4-7H2,1H3,(H2,17,20)/t9-/m1/s1. The molecular weight excluding hydrogens is 297 g/mol. The van der Waals surface area contributed by atoms with Gasteiger partial charge < -0.3 is 10.6 Å². The van der Waals surface area contributed by atoms with Gasteiger partial charge >= 0.3 is 0 Å². The number of benzene rings is 1. The lowest BCUT2D eigenvalue weighted by molar-refractivity contribution is -0.123. The lowest BCUT2D eigenvalue weighted by atomic mass is 10.1. The zero-order chi connectivity index (χ0) is 15.6. The molecule has 0 spiro atoms. The third-order valence-corrected chi connectivity index (χ3v) is 4.04. The number of hydrogen-bond acceptors (Lipinski definition) is 3. The van der Waals surface area contributed by atoms with Gasteiger partial charge in [0.05, 0.1) is 16.6 Å². The smallest absolute Gasteiger partial charge is 0.255 e. The Bertz CT molecular complexity index is 559. The molecule has 0 unspecified atom stereocenters. The molecule has 21 heavy (non-hydrogen) atoms. The van der Waals surface area contributed by atoms with Crippen molar-refractivity contribution in [3.05, 3.63) is 34.6 Å². The van der Waals surface area contributed by atoms with Crippen LogP contribution in [0.15, 0.2) is 18.2 Å². The fourth-order valence-corrected chi connectivity index (χ4v) is 2.57. The van der Waals surface area contributed by atoms with E-state index in [0.717, 1.165) is 6.07 Å². The third kappa shape index (κ3) is 3.51. The van der Waals surface area contributed by atoms with Gasteiger partial charge in [0.1, 0.15) is 5.82 Å². The van der Waals surface area contributed by atoms with Crippen LogP contribution in [0.3, 0.4) is 0 Å². The molecule has 0 aliphatic carbocycles. The van der Waals surface area contributed by atoms with Gasteiger partial charge in [0.2, 0.25) is 5.91 Å². The molecule has 0 radical (unpaired) electrons. The number of carbonyl (C=O) groups is 2. The Morgan fingerprint density at radius 2 is 1.90 bits per heavy atom. The second-order valence-corrected chi connectivity index (χ2v) is 5.44. The Kier molecular flexibility index (Phi) is 4.80. The third-order valence-electron chi connectivity index (χ3n) is 3.72. The van der Waals surface area contributed by atoms with Crippen molar-refractivity contribution in [3.63, 3.8) is 0 Å². The van der Waals surface area contributed by atoms with E-state index in [0.29, 0.717) is 26.2 Å². The SMILES string of the molecule is C[C@H](C(N)=O)N1CCN(C(=O)c2ccc(F)cc2Cl)CC1. The number of carbonyl (C=O) groups excluding carboxylic acids is 2. The fourth-order valence-electron chi connectivity index (χ4n) is 2.33. The van der Waals surface area contributed by atoms with Gasteiger partial charge in [-0.05, 0) is 25.1 Å². The highest BCUT2D eigenvalue weighted by Crippen LogP contribution is 2.20. The second-order valence-electron chi connectivity index (χ2n) is 5.03. The van der Waals surface area contributed by atoms with Crippen molar-refractivity contribution in [3.8, 4) is 0 Å². The molecule has 1 aromatic rings. The minimum Gasteiger partial charge on any atom is -0.368 e. The highest BCUT2D eigenvalue weighted by molar-refractivity contribution is 6.33. The number of hydrogen-bond donors (Lipinski definition) is 1. The van der Waals surface area contributed by atoms with Gasteiger partial charge in [-0.25, -0.2) is 4.39 Å². The summed E-state index contributed by atoms with van der Waals surface area (Å²) in [5.74, 6) is -1.08. The van der Waals surface area contributed by atoms with E-state index in [9.17, 15) is 14.0 Å². The van der Waals surface area contributed by atoms with Gasteiger partial charge in [-0.3, -0.25) is 14.5 Å².